The van der Waals surface area contributed by atoms with Crippen LogP contribution in [-0.2, 0) is 6.42 Å². The first-order chi connectivity index (χ1) is 9.86. The summed E-state index contributed by atoms with van der Waals surface area (Å²) in [5, 5.41) is 5.90. The van der Waals surface area contributed by atoms with Crippen molar-refractivity contribution in [1.82, 2.24) is 14.7 Å². The maximum absolute atomic E-state index is 4.77. The van der Waals surface area contributed by atoms with Gasteiger partial charge in [0.1, 0.15) is 0 Å². The zero-order chi connectivity index (χ0) is 13.5. The van der Waals surface area contributed by atoms with Crippen LogP contribution in [0, 0.1) is 17.8 Å². The van der Waals surface area contributed by atoms with Gasteiger partial charge in [0.15, 0.2) is 4.96 Å². The molecule has 3 atom stereocenters. The number of nitrogens with zero attached hydrogens (tertiary/aromatic N) is 2. The molecule has 1 N–H and O–H groups in total. The molecule has 0 aromatic carbocycles. The summed E-state index contributed by atoms with van der Waals surface area (Å²) in [6.45, 7) is 3.40. The second-order valence-electron chi connectivity index (χ2n) is 6.43. The Kier molecular flexibility index (Phi) is 3.31. The number of rotatable bonds is 6. The fourth-order valence-corrected chi connectivity index (χ4v) is 4.97. The van der Waals surface area contributed by atoms with E-state index in [1.807, 2.05) is 0 Å². The van der Waals surface area contributed by atoms with Gasteiger partial charge in [-0.15, -0.1) is 11.3 Å². The topological polar surface area (TPSA) is 29.3 Å². The Morgan fingerprint density at radius 1 is 1.45 bits per heavy atom. The highest BCUT2D eigenvalue weighted by molar-refractivity contribution is 7.15. The van der Waals surface area contributed by atoms with Crippen LogP contribution in [0.4, 0.5) is 0 Å². The highest BCUT2D eigenvalue weighted by atomic mass is 32.1. The lowest BCUT2D eigenvalue weighted by molar-refractivity contribution is 0.401. The number of aromatic nitrogens is 2. The molecule has 4 rings (SSSR count). The number of fused-ring (bicyclic) bond motifs is 2. The van der Waals surface area contributed by atoms with Gasteiger partial charge in [0, 0.05) is 30.2 Å². The van der Waals surface area contributed by atoms with Gasteiger partial charge in [-0.25, -0.2) is 4.98 Å². The van der Waals surface area contributed by atoms with E-state index in [2.05, 4.69) is 34.4 Å². The molecule has 0 spiro atoms. The second kappa shape index (κ2) is 5.15. The summed E-state index contributed by atoms with van der Waals surface area (Å²) in [5.74, 6) is 2.97. The molecule has 0 saturated heterocycles. The summed E-state index contributed by atoms with van der Waals surface area (Å²) < 4.78 is 2.16. The minimum absolute atomic E-state index is 0.648. The average molecular weight is 289 g/mol. The van der Waals surface area contributed by atoms with Crippen molar-refractivity contribution in [3.63, 3.8) is 0 Å². The van der Waals surface area contributed by atoms with Gasteiger partial charge in [0.05, 0.1) is 5.69 Å². The molecule has 108 valence electrons. The summed E-state index contributed by atoms with van der Waals surface area (Å²) in [5.41, 5.74) is 1.26. The van der Waals surface area contributed by atoms with Crippen LogP contribution in [0.5, 0.6) is 0 Å². The second-order valence-corrected chi connectivity index (χ2v) is 7.30. The molecule has 0 aliphatic heterocycles. The lowest BCUT2D eigenvalue weighted by Crippen LogP contribution is -2.35. The molecular formula is C16H23N3S. The third kappa shape index (κ3) is 2.19. The summed E-state index contributed by atoms with van der Waals surface area (Å²) in [6, 6.07) is 0.648. The predicted molar refractivity (Wildman–Crippen MR) is 83.2 cm³/mol. The van der Waals surface area contributed by atoms with Crippen molar-refractivity contribution in [3.8, 4) is 0 Å². The van der Waals surface area contributed by atoms with Crippen LogP contribution in [-0.4, -0.2) is 22.0 Å². The summed E-state index contributed by atoms with van der Waals surface area (Å²) in [7, 11) is 0. The molecule has 0 bridgehead atoms. The molecule has 3 nitrogen and oxygen atoms in total. The van der Waals surface area contributed by atoms with Crippen molar-refractivity contribution < 1.29 is 0 Å². The lowest BCUT2D eigenvalue weighted by Gasteiger charge is -2.19. The predicted octanol–water partition coefficient (Wildman–Crippen LogP) is 3.35. The van der Waals surface area contributed by atoms with E-state index in [0.29, 0.717) is 6.04 Å². The molecule has 2 heterocycles. The van der Waals surface area contributed by atoms with Gasteiger partial charge in [-0.1, -0.05) is 13.3 Å². The fourth-order valence-electron chi connectivity index (χ4n) is 4.25. The van der Waals surface area contributed by atoms with E-state index in [1.165, 1.54) is 31.4 Å². The van der Waals surface area contributed by atoms with E-state index >= 15 is 0 Å². The van der Waals surface area contributed by atoms with Gasteiger partial charge in [0.25, 0.3) is 0 Å². The summed E-state index contributed by atoms with van der Waals surface area (Å²) >= 11 is 1.73. The first kappa shape index (κ1) is 12.8. The first-order valence-corrected chi connectivity index (χ1v) is 8.89. The monoisotopic (exact) mass is 289 g/mol. The van der Waals surface area contributed by atoms with Gasteiger partial charge in [-0.3, -0.25) is 4.40 Å². The van der Waals surface area contributed by atoms with Crippen LogP contribution < -0.4 is 5.32 Å². The van der Waals surface area contributed by atoms with Crippen LogP contribution >= 0.6 is 11.3 Å². The van der Waals surface area contributed by atoms with E-state index in [4.69, 9.17) is 4.98 Å². The molecule has 2 aromatic rings. The normalized spacial score (nSPS) is 29.8. The van der Waals surface area contributed by atoms with E-state index < -0.39 is 0 Å². The number of thiazole rings is 1. The first-order valence-electron chi connectivity index (χ1n) is 8.01. The van der Waals surface area contributed by atoms with Crippen LogP contribution in [0.15, 0.2) is 17.8 Å². The lowest BCUT2D eigenvalue weighted by atomic mass is 10.00. The van der Waals surface area contributed by atoms with Crippen LogP contribution in [0.2, 0.25) is 0 Å². The van der Waals surface area contributed by atoms with E-state index in [-0.39, 0.29) is 0 Å². The largest absolute Gasteiger partial charge is 0.313 e. The van der Waals surface area contributed by atoms with Crippen molar-refractivity contribution in [3.05, 3.63) is 23.5 Å². The maximum Gasteiger partial charge on any atom is 0.193 e. The van der Waals surface area contributed by atoms with Crippen molar-refractivity contribution in [2.75, 3.05) is 6.54 Å². The highest BCUT2D eigenvalue weighted by Gasteiger charge is 2.55. The van der Waals surface area contributed by atoms with Crippen molar-refractivity contribution in [1.29, 1.82) is 0 Å². The van der Waals surface area contributed by atoms with Crippen molar-refractivity contribution in [2.24, 2.45) is 17.8 Å². The third-order valence-electron chi connectivity index (χ3n) is 5.17. The smallest absolute Gasteiger partial charge is 0.193 e. The van der Waals surface area contributed by atoms with Crippen LogP contribution in [0.1, 0.15) is 38.3 Å². The Morgan fingerprint density at radius 3 is 3.05 bits per heavy atom. The molecule has 0 amide bonds. The molecule has 20 heavy (non-hydrogen) atoms. The Hall–Kier alpha value is -0.870. The van der Waals surface area contributed by atoms with Gasteiger partial charge in [0.2, 0.25) is 0 Å². The average Bonchev–Trinajstić information content (AvgIpc) is 2.87. The molecule has 2 saturated carbocycles. The minimum Gasteiger partial charge on any atom is -0.313 e. The minimum atomic E-state index is 0.648. The Balaban J connectivity index is 1.48. The van der Waals surface area contributed by atoms with Crippen molar-refractivity contribution >= 4 is 16.3 Å². The summed E-state index contributed by atoms with van der Waals surface area (Å²) in [6.07, 6.45) is 11.0. The number of hydrogen-bond acceptors (Lipinski definition) is 3. The van der Waals surface area contributed by atoms with Gasteiger partial charge in [-0.05, 0) is 43.6 Å². The Labute approximate surface area is 124 Å². The Bertz CT molecular complexity index is 549. The molecule has 2 aromatic heterocycles. The SMILES string of the molecule is CCCNC(Cc1cn2ccsc2n1)C1C2CCCC21. The molecule has 4 heteroatoms. The fraction of sp³-hybridized carbons (Fsp3) is 0.688. The van der Waals surface area contributed by atoms with E-state index in [1.54, 1.807) is 11.3 Å². The molecular weight excluding hydrogens is 266 g/mol. The van der Waals surface area contributed by atoms with Crippen LogP contribution in [0.3, 0.4) is 0 Å². The zero-order valence-corrected chi connectivity index (χ0v) is 12.9. The number of hydrogen-bond donors (Lipinski definition) is 1. The number of imidazole rings is 1. The number of nitrogens with one attached hydrogen (secondary N) is 1. The molecule has 3 unspecified atom stereocenters. The molecule has 2 fully saturated rings. The summed E-state index contributed by atoms with van der Waals surface area (Å²) in [4.78, 5) is 5.90. The molecule has 2 aliphatic rings. The molecule has 0 radical (unpaired) electrons. The van der Waals surface area contributed by atoms with Gasteiger partial charge >= 0.3 is 0 Å². The van der Waals surface area contributed by atoms with Crippen LogP contribution in [0.25, 0.3) is 4.96 Å². The van der Waals surface area contributed by atoms with E-state index in [0.717, 1.165) is 35.7 Å². The molecule has 2 aliphatic carbocycles. The Morgan fingerprint density at radius 2 is 2.30 bits per heavy atom. The zero-order valence-electron chi connectivity index (χ0n) is 12.1. The standard InChI is InChI=1S/C16H23N3S/c1-2-6-17-14(15-12-4-3-5-13(12)15)9-11-10-19-7-8-20-16(19)18-11/h7-8,10,12-15,17H,2-6,9H2,1H3. The maximum atomic E-state index is 4.77. The van der Waals surface area contributed by atoms with E-state index in [9.17, 15) is 0 Å². The van der Waals surface area contributed by atoms with Gasteiger partial charge in [-0.2, -0.15) is 0 Å². The third-order valence-corrected chi connectivity index (χ3v) is 5.94. The van der Waals surface area contributed by atoms with Gasteiger partial charge < -0.3 is 5.32 Å². The van der Waals surface area contributed by atoms with Crippen molar-refractivity contribution in [2.45, 2.75) is 45.1 Å². The quantitative estimate of drug-likeness (QED) is 0.883. The highest BCUT2D eigenvalue weighted by Crippen LogP contribution is 2.59.